The molecule has 0 fully saturated rings. The molecule has 7 heteroatoms. The minimum absolute atomic E-state index is 0.471. The van der Waals surface area contributed by atoms with E-state index in [9.17, 15) is 0 Å². The standard InChI is InChI=1S/C21H21N3O4/c1-25-14-6-4-13(5-7-14)24-19(22)17-10-11-28-21(17)23-20(24)16-9-8-15(26-2)12-18(16)27-3/h4-12,19H,22H2,1-3H3. The Labute approximate surface area is 162 Å². The van der Waals surface area contributed by atoms with Crippen molar-refractivity contribution in [3.05, 3.63) is 65.9 Å². The summed E-state index contributed by atoms with van der Waals surface area (Å²) in [5.41, 5.74) is 9.06. The van der Waals surface area contributed by atoms with E-state index in [0.717, 1.165) is 22.6 Å². The quantitative estimate of drug-likeness (QED) is 0.725. The lowest BCUT2D eigenvalue weighted by atomic mass is 10.1. The van der Waals surface area contributed by atoms with Crippen LogP contribution in [-0.2, 0) is 0 Å². The van der Waals surface area contributed by atoms with Gasteiger partial charge in [-0.2, -0.15) is 4.99 Å². The maximum atomic E-state index is 6.60. The zero-order valence-electron chi connectivity index (χ0n) is 15.9. The average Bonchev–Trinajstić information content (AvgIpc) is 3.22. The summed E-state index contributed by atoms with van der Waals surface area (Å²) in [5.74, 6) is 3.19. The van der Waals surface area contributed by atoms with Gasteiger partial charge in [-0.1, -0.05) is 0 Å². The van der Waals surface area contributed by atoms with E-state index in [1.165, 1.54) is 0 Å². The van der Waals surface area contributed by atoms with Crippen LogP contribution < -0.4 is 24.8 Å². The normalized spacial score (nSPS) is 15.6. The van der Waals surface area contributed by atoms with Gasteiger partial charge in [-0.15, -0.1) is 0 Å². The number of methoxy groups -OCH3 is 3. The summed E-state index contributed by atoms with van der Waals surface area (Å²) in [5, 5.41) is 0. The number of anilines is 1. The van der Waals surface area contributed by atoms with Crippen molar-refractivity contribution >= 4 is 17.4 Å². The molecule has 1 aromatic heterocycles. The molecule has 3 aromatic rings. The smallest absolute Gasteiger partial charge is 0.227 e. The Bertz CT molecular complexity index is 1010. The number of nitrogens with two attached hydrogens (primary N) is 1. The maximum Gasteiger partial charge on any atom is 0.227 e. The zero-order chi connectivity index (χ0) is 19.7. The van der Waals surface area contributed by atoms with Crippen molar-refractivity contribution in [1.82, 2.24) is 0 Å². The van der Waals surface area contributed by atoms with Crippen molar-refractivity contribution in [2.24, 2.45) is 10.7 Å². The van der Waals surface area contributed by atoms with Gasteiger partial charge in [0.05, 0.1) is 38.7 Å². The molecular weight excluding hydrogens is 358 g/mol. The molecule has 1 aliphatic heterocycles. The Balaban J connectivity index is 1.88. The summed E-state index contributed by atoms with van der Waals surface area (Å²) in [6.07, 6.45) is 1.12. The summed E-state index contributed by atoms with van der Waals surface area (Å²) in [6, 6.07) is 15.1. The summed E-state index contributed by atoms with van der Waals surface area (Å²) < 4.78 is 21.7. The number of hydrogen-bond donors (Lipinski definition) is 1. The van der Waals surface area contributed by atoms with Crippen LogP contribution in [0.15, 0.2) is 64.2 Å². The predicted molar refractivity (Wildman–Crippen MR) is 107 cm³/mol. The summed E-state index contributed by atoms with van der Waals surface area (Å²) in [7, 11) is 4.85. The van der Waals surface area contributed by atoms with Crippen molar-refractivity contribution in [2.75, 3.05) is 26.2 Å². The van der Waals surface area contributed by atoms with Gasteiger partial charge in [0.25, 0.3) is 0 Å². The third kappa shape index (κ3) is 2.95. The molecule has 144 valence electrons. The van der Waals surface area contributed by atoms with Crippen LogP contribution in [0.25, 0.3) is 0 Å². The second-order valence-electron chi connectivity index (χ2n) is 6.20. The van der Waals surface area contributed by atoms with Gasteiger partial charge in [-0.05, 0) is 42.5 Å². The first-order valence-electron chi connectivity index (χ1n) is 8.73. The number of ether oxygens (including phenoxy) is 3. The molecule has 0 bridgehead atoms. The van der Waals surface area contributed by atoms with E-state index < -0.39 is 6.17 Å². The molecule has 2 heterocycles. The number of rotatable bonds is 5. The molecule has 2 aromatic carbocycles. The van der Waals surface area contributed by atoms with Crippen LogP contribution in [0, 0.1) is 0 Å². The van der Waals surface area contributed by atoms with Gasteiger partial charge in [-0.25, -0.2) is 0 Å². The van der Waals surface area contributed by atoms with E-state index in [2.05, 4.69) is 0 Å². The van der Waals surface area contributed by atoms with Gasteiger partial charge in [0.1, 0.15) is 29.2 Å². The van der Waals surface area contributed by atoms with E-state index in [0.29, 0.717) is 23.2 Å². The molecular formula is C21H21N3O4. The first kappa shape index (κ1) is 17.9. The fourth-order valence-corrected chi connectivity index (χ4v) is 3.25. The van der Waals surface area contributed by atoms with Crippen LogP contribution in [0.1, 0.15) is 17.3 Å². The highest BCUT2D eigenvalue weighted by Crippen LogP contribution is 2.39. The molecule has 0 aliphatic carbocycles. The minimum atomic E-state index is -0.471. The third-order valence-electron chi connectivity index (χ3n) is 4.71. The molecule has 0 saturated carbocycles. The predicted octanol–water partition coefficient (Wildman–Crippen LogP) is 3.86. The molecule has 0 saturated heterocycles. The maximum absolute atomic E-state index is 6.60. The number of benzene rings is 2. The zero-order valence-corrected chi connectivity index (χ0v) is 15.9. The fraction of sp³-hybridized carbons (Fsp3) is 0.190. The lowest BCUT2D eigenvalue weighted by molar-refractivity contribution is 0.393. The molecule has 1 aliphatic rings. The topological polar surface area (TPSA) is 82.5 Å². The Morgan fingerprint density at radius 2 is 1.64 bits per heavy atom. The van der Waals surface area contributed by atoms with Crippen LogP contribution >= 0.6 is 0 Å². The number of furan rings is 1. The van der Waals surface area contributed by atoms with Crippen molar-refractivity contribution < 1.29 is 18.6 Å². The van der Waals surface area contributed by atoms with Crippen LogP contribution in [0.5, 0.6) is 17.2 Å². The number of fused-ring (bicyclic) bond motifs is 1. The summed E-state index contributed by atoms with van der Waals surface area (Å²) >= 11 is 0. The molecule has 7 nitrogen and oxygen atoms in total. The van der Waals surface area contributed by atoms with Crippen LogP contribution in [0.3, 0.4) is 0 Å². The highest BCUT2D eigenvalue weighted by molar-refractivity contribution is 6.14. The van der Waals surface area contributed by atoms with Crippen LogP contribution in [0.4, 0.5) is 11.6 Å². The van der Waals surface area contributed by atoms with Crippen LogP contribution in [-0.4, -0.2) is 27.2 Å². The first-order chi connectivity index (χ1) is 13.7. The fourth-order valence-electron chi connectivity index (χ4n) is 3.25. The van der Waals surface area contributed by atoms with Crippen molar-refractivity contribution in [3.63, 3.8) is 0 Å². The van der Waals surface area contributed by atoms with Gasteiger partial charge in [0, 0.05) is 11.8 Å². The minimum Gasteiger partial charge on any atom is -0.497 e. The van der Waals surface area contributed by atoms with E-state index in [4.69, 9.17) is 29.4 Å². The third-order valence-corrected chi connectivity index (χ3v) is 4.71. The Kier molecular flexibility index (Phi) is 4.67. The van der Waals surface area contributed by atoms with E-state index in [1.807, 2.05) is 53.4 Å². The lowest BCUT2D eigenvalue weighted by Crippen LogP contribution is -2.42. The number of hydrogen-bond acceptors (Lipinski definition) is 7. The van der Waals surface area contributed by atoms with Crippen molar-refractivity contribution in [2.45, 2.75) is 6.17 Å². The number of nitrogens with zero attached hydrogens (tertiary/aromatic N) is 2. The number of aliphatic imine (C=N–C) groups is 1. The molecule has 0 amide bonds. The Morgan fingerprint density at radius 1 is 0.929 bits per heavy atom. The second-order valence-corrected chi connectivity index (χ2v) is 6.20. The number of amidine groups is 1. The molecule has 0 radical (unpaired) electrons. The molecule has 28 heavy (non-hydrogen) atoms. The monoisotopic (exact) mass is 379 g/mol. The van der Waals surface area contributed by atoms with Gasteiger partial charge in [0.15, 0.2) is 0 Å². The lowest BCUT2D eigenvalue weighted by Gasteiger charge is -2.35. The van der Waals surface area contributed by atoms with E-state index in [-0.39, 0.29) is 0 Å². The molecule has 4 rings (SSSR count). The van der Waals surface area contributed by atoms with Gasteiger partial charge < -0.3 is 29.3 Å². The first-order valence-corrected chi connectivity index (χ1v) is 8.73. The van der Waals surface area contributed by atoms with Gasteiger partial charge >= 0.3 is 0 Å². The SMILES string of the molecule is COc1ccc(N2C(c3ccc(OC)cc3OC)=Nc3occc3C2N)cc1. The van der Waals surface area contributed by atoms with Gasteiger partial charge in [-0.3, -0.25) is 0 Å². The molecule has 1 unspecified atom stereocenters. The summed E-state index contributed by atoms with van der Waals surface area (Å²) in [6.45, 7) is 0. The molecule has 1 atom stereocenters. The van der Waals surface area contributed by atoms with Crippen LogP contribution in [0.2, 0.25) is 0 Å². The second kappa shape index (κ2) is 7.28. The molecule has 2 N–H and O–H groups in total. The van der Waals surface area contributed by atoms with E-state index in [1.54, 1.807) is 27.6 Å². The van der Waals surface area contributed by atoms with Crippen molar-refractivity contribution in [1.29, 1.82) is 0 Å². The van der Waals surface area contributed by atoms with Crippen molar-refractivity contribution in [3.8, 4) is 17.2 Å². The summed E-state index contributed by atoms with van der Waals surface area (Å²) in [4.78, 5) is 6.68. The van der Waals surface area contributed by atoms with Gasteiger partial charge in [0.2, 0.25) is 5.88 Å². The average molecular weight is 379 g/mol. The Morgan fingerprint density at radius 3 is 2.32 bits per heavy atom. The Hall–Kier alpha value is -3.45. The highest BCUT2D eigenvalue weighted by atomic mass is 16.5. The van der Waals surface area contributed by atoms with E-state index >= 15 is 0 Å². The highest BCUT2D eigenvalue weighted by Gasteiger charge is 2.32. The largest absolute Gasteiger partial charge is 0.497 e. The molecule has 0 spiro atoms.